The second-order valence-corrected chi connectivity index (χ2v) is 7.23. The van der Waals surface area contributed by atoms with Crippen LogP contribution in [0.3, 0.4) is 0 Å². The van der Waals surface area contributed by atoms with Crippen molar-refractivity contribution >= 4 is 40.4 Å². The molecular weight excluding hydrogens is 397 g/mol. The van der Waals surface area contributed by atoms with Gasteiger partial charge in [0.25, 0.3) is 11.5 Å². The Hall–Kier alpha value is -2.19. The lowest BCUT2D eigenvalue weighted by Crippen LogP contribution is -2.35. The van der Waals surface area contributed by atoms with Crippen molar-refractivity contribution in [1.82, 2.24) is 15.1 Å². The van der Waals surface area contributed by atoms with Crippen LogP contribution < -0.4 is 10.9 Å². The minimum Gasteiger partial charge on any atom is -0.395 e. The largest absolute Gasteiger partial charge is 0.395 e. The zero-order valence-electron chi connectivity index (χ0n) is 13.3. The van der Waals surface area contributed by atoms with Crippen molar-refractivity contribution in [2.24, 2.45) is 0 Å². The predicted octanol–water partition coefficient (Wildman–Crippen LogP) is 2.99. The summed E-state index contributed by atoms with van der Waals surface area (Å²) >= 11 is 13.1. The summed E-state index contributed by atoms with van der Waals surface area (Å²) in [5, 5.41) is 18.0. The first-order valence-corrected chi connectivity index (χ1v) is 9.17. The lowest BCUT2D eigenvalue weighted by Gasteiger charge is -2.10. The molecule has 1 aromatic carbocycles. The van der Waals surface area contributed by atoms with E-state index in [2.05, 4.69) is 10.4 Å². The number of carbonyl (C=O) groups excluding carboxylic acids is 1. The first-order chi connectivity index (χ1) is 12.5. The highest BCUT2D eigenvalue weighted by Gasteiger charge is 2.17. The maximum atomic E-state index is 12.7. The number of benzene rings is 1. The fourth-order valence-electron chi connectivity index (χ4n) is 2.27. The summed E-state index contributed by atoms with van der Waals surface area (Å²) in [4.78, 5) is 25.1. The molecular formula is C17H13Cl2N3O3S. The molecule has 2 N–H and O–H groups in total. The molecule has 134 valence electrons. The summed E-state index contributed by atoms with van der Waals surface area (Å²) in [6.45, 7) is -0.184. The monoisotopic (exact) mass is 409 g/mol. The first-order valence-electron chi connectivity index (χ1n) is 7.53. The van der Waals surface area contributed by atoms with Gasteiger partial charge in [0, 0.05) is 22.5 Å². The number of carbonyl (C=O) groups is 1. The molecule has 2 aromatic heterocycles. The third-order valence-electron chi connectivity index (χ3n) is 3.49. The third kappa shape index (κ3) is 3.96. The molecule has 0 atom stereocenters. The number of hydrogen-bond acceptors (Lipinski definition) is 5. The van der Waals surface area contributed by atoms with Gasteiger partial charge in [-0.05, 0) is 24.3 Å². The molecule has 0 radical (unpaired) electrons. The number of hydrogen-bond donors (Lipinski definition) is 2. The van der Waals surface area contributed by atoms with Gasteiger partial charge in [-0.2, -0.15) is 9.78 Å². The molecule has 9 heteroatoms. The maximum absolute atomic E-state index is 12.7. The molecule has 26 heavy (non-hydrogen) atoms. The average Bonchev–Trinajstić information content (AvgIpc) is 3.06. The lowest BCUT2D eigenvalue weighted by molar-refractivity contribution is 0.0942. The quantitative estimate of drug-likeness (QED) is 0.678. The number of halogens is 2. The van der Waals surface area contributed by atoms with E-state index < -0.39 is 11.5 Å². The number of thiophene rings is 1. The molecule has 0 unspecified atom stereocenters. The van der Waals surface area contributed by atoms with E-state index in [1.165, 1.54) is 17.4 Å². The predicted molar refractivity (Wildman–Crippen MR) is 103 cm³/mol. The average molecular weight is 410 g/mol. The topological polar surface area (TPSA) is 84.2 Å². The third-order valence-corrected chi connectivity index (χ3v) is 4.82. The Balaban J connectivity index is 2.17. The van der Waals surface area contributed by atoms with Crippen LogP contribution >= 0.6 is 34.5 Å². The number of aliphatic hydroxyl groups excluding tert-OH is 1. The Morgan fingerprint density at radius 1 is 1.23 bits per heavy atom. The van der Waals surface area contributed by atoms with Gasteiger partial charge < -0.3 is 10.4 Å². The first kappa shape index (κ1) is 18.6. The smallest absolute Gasteiger partial charge is 0.284 e. The molecule has 3 aromatic rings. The van der Waals surface area contributed by atoms with Gasteiger partial charge in [0.2, 0.25) is 0 Å². The summed E-state index contributed by atoms with van der Waals surface area (Å²) in [6.07, 6.45) is 0. The van der Waals surface area contributed by atoms with Crippen molar-refractivity contribution in [3.63, 3.8) is 0 Å². The summed E-state index contributed by atoms with van der Waals surface area (Å²) in [7, 11) is 0. The lowest BCUT2D eigenvalue weighted by atomic mass is 10.1. The summed E-state index contributed by atoms with van der Waals surface area (Å²) in [5.74, 6) is -0.586. The van der Waals surface area contributed by atoms with Gasteiger partial charge in [0.1, 0.15) is 5.56 Å². The summed E-state index contributed by atoms with van der Waals surface area (Å²) < 4.78 is 1.64. The van der Waals surface area contributed by atoms with Gasteiger partial charge in [0.15, 0.2) is 0 Å². The molecule has 0 aliphatic heterocycles. The molecule has 0 aliphatic carbocycles. The van der Waals surface area contributed by atoms with E-state index in [1.807, 2.05) is 0 Å². The number of amides is 1. The number of nitrogens with one attached hydrogen (secondary N) is 1. The molecule has 0 fully saturated rings. The molecule has 3 rings (SSSR count). The maximum Gasteiger partial charge on any atom is 0.284 e. The van der Waals surface area contributed by atoms with E-state index in [-0.39, 0.29) is 18.7 Å². The SMILES string of the molecule is O=C(NCCO)c1cc(-c2ccc(Cl)cc2)nn(-c2csc(Cl)c2)c1=O. The van der Waals surface area contributed by atoms with Crippen molar-refractivity contribution in [2.75, 3.05) is 13.2 Å². The van der Waals surface area contributed by atoms with E-state index >= 15 is 0 Å². The number of nitrogens with zero attached hydrogens (tertiary/aromatic N) is 2. The van der Waals surface area contributed by atoms with Crippen LogP contribution in [0.15, 0.2) is 46.6 Å². The van der Waals surface area contributed by atoms with Crippen molar-refractivity contribution in [1.29, 1.82) is 0 Å². The van der Waals surface area contributed by atoms with E-state index in [9.17, 15) is 9.59 Å². The van der Waals surface area contributed by atoms with Crippen LogP contribution in [0.4, 0.5) is 0 Å². The van der Waals surface area contributed by atoms with E-state index in [0.717, 1.165) is 4.68 Å². The molecule has 0 saturated carbocycles. The van der Waals surface area contributed by atoms with Crippen molar-refractivity contribution in [3.05, 3.63) is 67.1 Å². The fraction of sp³-hybridized carbons (Fsp3) is 0.118. The number of aromatic nitrogens is 2. The van der Waals surface area contributed by atoms with Gasteiger partial charge >= 0.3 is 0 Å². The molecule has 0 spiro atoms. The Bertz CT molecular complexity index is 999. The Labute approximate surface area is 162 Å². The zero-order chi connectivity index (χ0) is 18.7. The summed E-state index contributed by atoms with van der Waals surface area (Å²) in [5.41, 5.74) is 0.934. The molecule has 2 heterocycles. The van der Waals surface area contributed by atoms with Gasteiger partial charge in [-0.25, -0.2) is 0 Å². The Morgan fingerprint density at radius 2 is 1.96 bits per heavy atom. The summed E-state index contributed by atoms with van der Waals surface area (Å²) in [6, 6.07) is 9.90. The molecule has 0 aliphatic rings. The van der Waals surface area contributed by atoms with Crippen LogP contribution in [0.5, 0.6) is 0 Å². The Morgan fingerprint density at radius 3 is 2.58 bits per heavy atom. The van der Waals surface area contributed by atoms with Crippen molar-refractivity contribution in [2.45, 2.75) is 0 Å². The van der Waals surface area contributed by atoms with E-state index in [0.29, 0.717) is 26.3 Å². The fourth-order valence-corrected chi connectivity index (χ4v) is 3.23. The molecule has 0 bridgehead atoms. The van der Waals surface area contributed by atoms with Crippen molar-refractivity contribution in [3.8, 4) is 16.9 Å². The normalized spacial score (nSPS) is 10.7. The highest BCUT2D eigenvalue weighted by atomic mass is 35.5. The minimum atomic E-state index is -0.586. The number of rotatable bonds is 5. The zero-order valence-corrected chi connectivity index (χ0v) is 15.6. The van der Waals surface area contributed by atoms with E-state index in [4.69, 9.17) is 28.3 Å². The van der Waals surface area contributed by atoms with Crippen LogP contribution in [0.1, 0.15) is 10.4 Å². The van der Waals surface area contributed by atoms with Gasteiger partial charge in [-0.15, -0.1) is 11.3 Å². The molecule has 1 amide bonds. The van der Waals surface area contributed by atoms with Gasteiger partial charge in [0.05, 0.1) is 22.3 Å². The van der Waals surface area contributed by atoms with Crippen LogP contribution in [0.25, 0.3) is 16.9 Å². The van der Waals surface area contributed by atoms with E-state index in [1.54, 1.807) is 35.7 Å². The van der Waals surface area contributed by atoms with Crippen LogP contribution in [0.2, 0.25) is 9.36 Å². The van der Waals surface area contributed by atoms with Gasteiger partial charge in [-0.3, -0.25) is 9.59 Å². The second kappa shape index (κ2) is 8.01. The van der Waals surface area contributed by atoms with Crippen LogP contribution in [-0.2, 0) is 0 Å². The van der Waals surface area contributed by atoms with Crippen molar-refractivity contribution < 1.29 is 9.90 Å². The van der Waals surface area contributed by atoms with Gasteiger partial charge in [-0.1, -0.05) is 35.3 Å². The van der Waals surface area contributed by atoms with Crippen LogP contribution in [0, 0.1) is 0 Å². The second-order valence-electron chi connectivity index (χ2n) is 5.26. The standard InChI is InChI=1S/C17H13Cl2N3O3S/c18-11-3-1-10(2-4-11)14-8-13(16(24)20-5-6-23)17(25)22(21-14)12-7-15(19)26-9-12/h1-4,7-9,23H,5-6H2,(H,20,24). The molecule has 6 nitrogen and oxygen atoms in total. The highest BCUT2D eigenvalue weighted by molar-refractivity contribution is 7.14. The minimum absolute atomic E-state index is 0.0428. The molecule has 0 saturated heterocycles. The Kier molecular flexibility index (Phi) is 5.73. The highest BCUT2D eigenvalue weighted by Crippen LogP contribution is 2.24. The van der Waals surface area contributed by atoms with Crippen LogP contribution in [-0.4, -0.2) is 33.9 Å². The number of aliphatic hydroxyl groups is 1.